The van der Waals surface area contributed by atoms with E-state index >= 15 is 0 Å². The zero-order chi connectivity index (χ0) is 27.3. The lowest BCUT2D eigenvalue weighted by molar-refractivity contribution is -0.274. The molecular weight excluding hydrogens is 499 g/mol. The molecule has 0 aliphatic carbocycles. The monoisotopic (exact) mass is 521 g/mol. The van der Waals surface area contributed by atoms with Gasteiger partial charge in [-0.05, 0) is 41.5 Å². The fraction of sp³-hybridized carbons (Fsp3) is 0.208. The first-order valence-electron chi connectivity index (χ1n) is 10.6. The number of aliphatic carboxylic acids is 1. The SMILES string of the molecule is COc1ccc([C@H](CC(=O)O)NC(=O)Nc2c(O)ccn(C)c2=O)cc1-c1cccc(OC(F)(F)F)c1. The summed E-state index contributed by atoms with van der Waals surface area (Å²) < 4.78 is 48.4. The number of amides is 2. The summed E-state index contributed by atoms with van der Waals surface area (Å²) >= 11 is 0. The number of hydrogen-bond donors (Lipinski definition) is 4. The molecule has 0 fully saturated rings. The van der Waals surface area contributed by atoms with Gasteiger partial charge in [0.2, 0.25) is 0 Å². The van der Waals surface area contributed by atoms with Crippen molar-refractivity contribution in [2.75, 3.05) is 12.4 Å². The fourth-order valence-corrected chi connectivity index (χ4v) is 3.50. The number of benzene rings is 2. The van der Waals surface area contributed by atoms with Crippen molar-refractivity contribution in [3.05, 3.63) is 70.6 Å². The summed E-state index contributed by atoms with van der Waals surface area (Å²) in [6.07, 6.45) is -4.18. The Morgan fingerprint density at radius 2 is 1.86 bits per heavy atom. The van der Waals surface area contributed by atoms with Crippen LogP contribution < -0.4 is 25.7 Å². The van der Waals surface area contributed by atoms with Crippen LogP contribution in [0, 0.1) is 0 Å². The van der Waals surface area contributed by atoms with Crippen LogP contribution in [0.25, 0.3) is 11.1 Å². The van der Waals surface area contributed by atoms with Gasteiger partial charge >= 0.3 is 18.4 Å². The number of halogens is 3. The molecule has 3 aromatic rings. The maximum Gasteiger partial charge on any atom is 0.573 e. The van der Waals surface area contributed by atoms with E-state index in [0.29, 0.717) is 5.56 Å². The van der Waals surface area contributed by atoms with Crippen molar-refractivity contribution in [2.45, 2.75) is 18.8 Å². The maximum absolute atomic E-state index is 12.7. The van der Waals surface area contributed by atoms with Crippen LogP contribution in [0.15, 0.2) is 59.5 Å². The van der Waals surface area contributed by atoms with E-state index in [1.807, 2.05) is 0 Å². The Labute approximate surface area is 207 Å². The van der Waals surface area contributed by atoms with E-state index in [2.05, 4.69) is 15.4 Å². The smallest absolute Gasteiger partial charge is 0.505 e. The number of carboxylic acid groups (broad SMARTS) is 1. The highest BCUT2D eigenvalue weighted by molar-refractivity contribution is 5.91. The standard InChI is InChI=1S/C24H22F3N3O7/c1-30-9-8-18(31)21(22(30)34)29-23(35)28-17(12-20(32)33)14-6-7-19(36-2)16(11-14)13-4-3-5-15(10-13)37-24(25,26)27/h3-11,17,31H,12H2,1-2H3,(H,32,33)(H2,28,29,35)/t17-/m0/s1. The lowest BCUT2D eigenvalue weighted by Crippen LogP contribution is -2.36. The second-order valence-corrected chi connectivity index (χ2v) is 7.78. The van der Waals surface area contributed by atoms with Gasteiger partial charge in [-0.15, -0.1) is 13.2 Å². The molecule has 0 aliphatic heterocycles. The van der Waals surface area contributed by atoms with Crippen molar-refractivity contribution in [1.29, 1.82) is 0 Å². The van der Waals surface area contributed by atoms with E-state index in [9.17, 15) is 37.8 Å². The predicted octanol–water partition coefficient (Wildman–Crippen LogP) is 4.00. The topological polar surface area (TPSA) is 139 Å². The van der Waals surface area contributed by atoms with Crippen molar-refractivity contribution < 1.29 is 42.4 Å². The highest BCUT2D eigenvalue weighted by Crippen LogP contribution is 2.36. The van der Waals surface area contributed by atoms with Crippen molar-refractivity contribution in [2.24, 2.45) is 7.05 Å². The molecule has 0 saturated heterocycles. The summed E-state index contributed by atoms with van der Waals surface area (Å²) in [4.78, 5) is 36.4. The average molecular weight is 521 g/mol. The summed E-state index contributed by atoms with van der Waals surface area (Å²) in [5.74, 6) is -1.95. The zero-order valence-electron chi connectivity index (χ0n) is 19.5. The van der Waals surface area contributed by atoms with Gasteiger partial charge < -0.3 is 34.9 Å². The van der Waals surface area contributed by atoms with E-state index in [1.54, 1.807) is 0 Å². The van der Waals surface area contributed by atoms with Crippen molar-refractivity contribution in [3.8, 4) is 28.4 Å². The third-order valence-corrected chi connectivity index (χ3v) is 5.17. The molecule has 4 N–H and O–H groups in total. The van der Waals surface area contributed by atoms with Crippen LogP contribution in [0.5, 0.6) is 17.2 Å². The van der Waals surface area contributed by atoms with Crippen LogP contribution in [0.4, 0.5) is 23.7 Å². The molecule has 10 nitrogen and oxygen atoms in total. The van der Waals surface area contributed by atoms with Crippen LogP contribution in [0.2, 0.25) is 0 Å². The number of aromatic hydroxyl groups is 1. The first-order valence-corrected chi connectivity index (χ1v) is 10.6. The Hall–Kier alpha value is -4.68. The number of urea groups is 1. The number of carbonyl (C=O) groups is 2. The average Bonchev–Trinajstić information content (AvgIpc) is 2.82. The Morgan fingerprint density at radius 3 is 2.51 bits per heavy atom. The summed E-state index contributed by atoms with van der Waals surface area (Å²) in [5, 5.41) is 24.0. The maximum atomic E-state index is 12.7. The number of carboxylic acids is 1. The molecule has 0 unspecified atom stereocenters. The molecule has 0 aliphatic rings. The summed E-state index contributed by atoms with van der Waals surface area (Å²) in [5.41, 5.74) is -0.247. The molecule has 0 bridgehead atoms. The molecule has 2 amide bonds. The minimum absolute atomic E-state index is 0.268. The molecule has 2 aromatic carbocycles. The molecule has 1 heterocycles. The van der Waals surface area contributed by atoms with Crippen molar-refractivity contribution in [3.63, 3.8) is 0 Å². The van der Waals surface area contributed by atoms with Gasteiger partial charge in [0.25, 0.3) is 5.56 Å². The molecule has 0 spiro atoms. The quantitative estimate of drug-likeness (QED) is 0.351. The molecule has 0 saturated carbocycles. The molecule has 0 radical (unpaired) electrons. The number of nitrogens with zero attached hydrogens (tertiary/aromatic N) is 1. The number of carbonyl (C=O) groups excluding carboxylic acids is 1. The summed E-state index contributed by atoms with van der Waals surface area (Å²) in [6.45, 7) is 0. The van der Waals surface area contributed by atoms with Crippen LogP contribution in [-0.4, -0.2) is 40.3 Å². The first kappa shape index (κ1) is 26.9. The zero-order valence-corrected chi connectivity index (χ0v) is 19.5. The van der Waals surface area contributed by atoms with Gasteiger partial charge in [-0.3, -0.25) is 9.59 Å². The van der Waals surface area contributed by atoms with Crippen LogP contribution in [0.3, 0.4) is 0 Å². The van der Waals surface area contributed by atoms with Crippen LogP contribution in [-0.2, 0) is 11.8 Å². The number of alkyl halides is 3. The Balaban J connectivity index is 1.95. The van der Waals surface area contributed by atoms with Gasteiger partial charge in [-0.1, -0.05) is 18.2 Å². The molecule has 13 heteroatoms. The fourth-order valence-electron chi connectivity index (χ4n) is 3.50. The first-order chi connectivity index (χ1) is 17.4. The number of hydrogen-bond acceptors (Lipinski definition) is 6. The summed E-state index contributed by atoms with van der Waals surface area (Å²) in [7, 11) is 2.76. The lowest BCUT2D eigenvalue weighted by Gasteiger charge is -2.20. The minimum Gasteiger partial charge on any atom is -0.505 e. The Morgan fingerprint density at radius 1 is 1.14 bits per heavy atom. The van der Waals surface area contributed by atoms with Crippen molar-refractivity contribution in [1.82, 2.24) is 9.88 Å². The minimum atomic E-state index is -4.90. The highest BCUT2D eigenvalue weighted by atomic mass is 19.4. The molecule has 1 aromatic heterocycles. The largest absolute Gasteiger partial charge is 0.573 e. The Kier molecular flexibility index (Phi) is 7.95. The van der Waals surface area contributed by atoms with Gasteiger partial charge in [-0.2, -0.15) is 0 Å². The second-order valence-electron chi connectivity index (χ2n) is 7.78. The van der Waals surface area contributed by atoms with Crippen LogP contribution >= 0.6 is 0 Å². The number of anilines is 1. The molecule has 37 heavy (non-hydrogen) atoms. The predicted molar refractivity (Wildman–Crippen MR) is 126 cm³/mol. The number of aryl methyl sites for hydroxylation is 1. The normalized spacial score (nSPS) is 11.9. The van der Waals surface area contributed by atoms with Gasteiger partial charge in [0.15, 0.2) is 5.69 Å². The van der Waals surface area contributed by atoms with Gasteiger partial charge in [0, 0.05) is 18.8 Å². The van der Waals surface area contributed by atoms with E-state index in [1.165, 1.54) is 56.8 Å². The number of rotatable bonds is 8. The number of ether oxygens (including phenoxy) is 2. The third-order valence-electron chi connectivity index (χ3n) is 5.17. The summed E-state index contributed by atoms with van der Waals surface area (Å²) in [6, 6.07) is 8.59. The van der Waals surface area contributed by atoms with Gasteiger partial charge in [-0.25, -0.2) is 4.79 Å². The van der Waals surface area contributed by atoms with Crippen LogP contribution in [0.1, 0.15) is 18.0 Å². The second kappa shape index (κ2) is 10.9. The molecule has 196 valence electrons. The van der Waals surface area contributed by atoms with E-state index in [-0.39, 0.29) is 16.9 Å². The van der Waals surface area contributed by atoms with Crippen molar-refractivity contribution >= 4 is 17.7 Å². The van der Waals surface area contributed by atoms with Gasteiger partial charge in [0.05, 0.1) is 19.6 Å². The molecule has 3 rings (SSSR count). The number of methoxy groups -OCH3 is 1. The van der Waals surface area contributed by atoms with Gasteiger partial charge in [0.1, 0.15) is 17.2 Å². The number of aromatic nitrogens is 1. The lowest BCUT2D eigenvalue weighted by atomic mass is 9.96. The molecule has 1 atom stereocenters. The van der Waals surface area contributed by atoms with E-state index in [4.69, 9.17) is 4.74 Å². The van der Waals surface area contributed by atoms with E-state index in [0.717, 1.165) is 16.7 Å². The molecular formula is C24H22F3N3O7. The number of nitrogens with one attached hydrogen (secondary N) is 2. The van der Waals surface area contributed by atoms with E-state index < -0.39 is 53.6 Å². The highest BCUT2D eigenvalue weighted by Gasteiger charge is 2.31. The Bertz CT molecular complexity index is 1370. The third kappa shape index (κ3) is 6.93. The number of pyridine rings is 1.